The molecule has 0 fully saturated rings. The lowest BCUT2D eigenvalue weighted by atomic mass is 10.1. The average molecular weight is 155 g/mol. The van der Waals surface area contributed by atoms with Gasteiger partial charge in [-0.25, -0.2) is 4.79 Å². The van der Waals surface area contributed by atoms with Crippen LogP contribution in [-0.2, 0) is 4.79 Å². The molecule has 0 aliphatic carbocycles. The molecule has 0 aromatic rings. The van der Waals surface area contributed by atoms with E-state index < -0.39 is 11.6 Å². The summed E-state index contributed by atoms with van der Waals surface area (Å²) in [7, 11) is 1.55. The van der Waals surface area contributed by atoms with Crippen molar-refractivity contribution in [2.75, 3.05) is 7.05 Å². The summed E-state index contributed by atoms with van der Waals surface area (Å²) in [6.07, 6.45) is 4.54. The van der Waals surface area contributed by atoms with Crippen molar-refractivity contribution in [2.45, 2.75) is 5.66 Å². The Balaban J connectivity index is 2.85. The number of nitrogens with one attached hydrogen (secondary N) is 2. The molecule has 1 aliphatic heterocycles. The third kappa shape index (κ3) is 1.22. The number of allylic oxidation sites excluding steroid dienone is 1. The number of hydrogen-bond donors (Lipinski definition) is 3. The zero-order chi connectivity index (χ0) is 8.32. The van der Waals surface area contributed by atoms with Crippen LogP contribution in [0.1, 0.15) is 0 Å². The van der Waals surface area contributed by atoms with Crippen molar-refractivity contribution in [1.29, 1.82) is 0 Å². The Kier molecular flexibility index (Phi) is 1.91. The smallest absolute Gasteiger partial charge is 0.350 e. The average Bonchev–Trinajstić information content (AvgIpc) is 2.05. The summed E-state index contributed by atoms with van der Waals surface area (Å²) in [4.78, 5) is 10.7. The highest BCUT2D eigenvalue weighted by atomic mass is 16.4. The predicted molar refractivity (Wildman–Crippen MR) is 40.2 cm³/mol. The molecule has 0 spiro atoms. The first-order valence-electron chi connectivity index (χ1n) is 3.11. The van der Waals surface area contributed by atoms with Crippen molar-refractivity contribution in [3.8, 4) is 0 Å². The Morgan fingerprint density at radius 1 is 1.82 bits per heavy atom. The van der Waals surface area contributed by atoms with Crippen molar-refractivity contribution in [1.82, 2.24) is 10.7 Å². The quantitative estimate of drug-likeness (QED) is 0.484. The number of aliphatic carboxylic acids is 1. The van der Waals surface area contributed by atoms with Gasteiger partial charge in [-0.1, -0.05) is 0 Å². The van der Waals surface area contributed by atoms with Gasteiger partial charge in [-0.05, 0) is 19.2 Å². The first kappa shape index (κ1) is 7.74. The van der Waals surface area contributed by atoms with E-state index in [1.54, 1.807) is 13.1 Å². The second-order valence-corrected chi connectivity index (χ2v) is 2.11. The Bertz CT molecular complexity index is 224. The highest BCUT2D eigenvalue weighted by Gasteiger charge is 2.34. The zero-order valence-corrected chi connectivity index (χ0v) is 6.03. The summed E-state index contributed by atoms with van der Waals surface area (Å²) in [5.74, 6) is -1.01. The van der Waals surface area contributed by atoms with E-state index >= 15 is 0 Å². The van der Waals surface area contributed by atoms with E-state index in [9.17, 15) is 4.79 Å². The van der Waals surface area contributed by atoms with Crippen LogP contribution in [0.5, 0.6) is 0 Å². The van der Waals surface area contributed by atoms with E-state index in [1.807, 2.05) is 0 Å². The summed E-state index contributed by atoms with van der Waals surface area (Å²) in [6, 6.07) is 0. The van der Waals surface area contributed by atoms with E-state index in [-0.39, 0.29) is 0 Å². The molecule has 5 nitrogen and oxygen atoms in total. The van der Waals surface area contributed by atoms with E-state index in [0.29, 0.717) is 0 Å². The van der Waals surface area contributed by atoms with Crippen molar-refractivity contribution < 1.29 is 9.90 Å². The molecule has 60 valence electrons. The van der Waals surface area contributed by atoms with Gasteiger partial charge < -0.3 is 5.11 Å². The summed E-state index contributed by atoms with van der Waals surface area (Å²) in [6.45, 7) is 0. The van der Waals surface area contributed by atoms with Gasteiger partial charge >= 0.3 is 5.97 Å². The number of hydrazone groups is 1. The van der Waals surface area contributed by atoms with Crippen LogP contribution in [0.3, 0.4) is 0 Å². The molecule has 0 bridgehead atoms. The molecule has 0 radical (unpaired) electrons. The lowest BCUT2D eigenvalue weighted by Gasteiger charge is -2.26. The molecule has 0 aromatic carbocycles. The van der Waals surface area contributed by atoms with Crippen LogP contribution in [0.15, 0.2) is 17.3 Å². The zero-order valence-electron chi connectivity index (χ0n) is 6.03. The maximum absolute atomic E-state index is 10.7. The lowest BCUT2D eigenvalue weighted by Crippen LogP contribution is -2.58. The van der Waals surface area contributed by atoms with Crippen LogP contribution in [-0.4, -0.2) is 30.0 Å². The Morgan fingerprint density at radius 2 is 2.55 bits per heavy atom. The summed E-state index contributed by atoms with van der Waals surface area (Å²) in [5.41, 5.74) is 1.21. The third-order valence-corrected chi connectivity index (χ3v) is 1.48. The third-order valence-electron chi connectivity index (χ3n) is 1.48. The Labute approximate surface area is 63.8 Å². The number of carbonyl (C=O) groups is 1. The van der Waals surface area contributed by atoms with E-state index in [1.165, 1.54) is 12.3 Å². The lowest BCUT2D eigenvalue weighted by molar-refractivity contribution is -0.143. The van der Waals surface area contributed by atoms with E-state index in [0.717, 1.165) is 0 Å². The van der Waals surface area contributed by atoms with Crippen LogP contribution in [0.2, 0.25) is 0 Å². The summed E-state index contributed by atoms with van der Waals surface area (Å²) < 4.78 is 0. The molecule has 0 saturated heterocycles. The molecule has 0 amide bonds. The molecular weight excluding hydrogens is 146 g/mol. The van der Waals surface area contributed by atoms with Gasteiger partial charge in [0, 0.05) is 6.21 Å². The molecule has 0 saturated carbocycles. The minimum absolute atomic E-state index is 1.01. The number of carboxylic acids is 1. The molecule has 1 aliphatic rings. The second kappa shape index (κ2) is 2.71. The fraction of sp³-hybridized carbons (Fsp3) is 0.333. The Morgan fingerprint density at radius 3 is 2.82 bits per heavy atom. The summed E-state index contributed by atoms with van der Waals surface area (Å²) >= 11 is 0. The van der Waals surface area contributed by atoms with Crippen LogP contribution >= 0.6 is 0 Å². The van der Waals surface area contributed by atoms with Crippen molar-refractivity contribution in [2.24, 2.45) is 5.10 Å². The van der Waals surface area contributed by atoms with Gasteiger partial charge in [-0.3, -0.25) is 10.7 Å². The van der Waals surface area contributed by atoms with Crippen molar-refractivity contribution in [3.05, 3.63) is 12.2 Å². The van der Waals surface area contributed by atoms with Gasteiger partial charge in [-0.2, -0.15) is 5.10 Å². The summed E-state index contributed by atoms with van der Waals surface area (Å²) in [5, 5.41) is 15.0. The molecule has 5 heteroatoms. The highest BCUT2D eigenvalue weighted by molar-refractivity contribution is 5.84. The predicted octanol–water partition coefficient (Wildman–Crippen LogP) is -0.868. The van der Waals surface area contributed by atoms with Crippen LogP contribution < -0.4 is 10.7 Å². The maximum Gasteiger partial charge on any atom is 0.350 e. The fourth-order valence-electron chi connectivity index (χ4n) is 0.772. The van der Waals surface area contributed by atoms with Gasteiger partial charge in [0.1, 0.15) is 0 Å². The Hall–Kier alpha value is -1.36. The maximum atomic E-state index is 10.7. The SMILES string of the molecule is CNC1(C(=O)O)C=CC=NN1. The van der Waals surface area contributed by atoms with Gasteiger partial charge in [0.2, 0.25) is 5.66 Å². The molecule has 1 rings (SSSR count). The largest absolute Gasteiger partial charge is 0.478 e. The van der Waals surface area contributed by atoms with Gasteiger partial charge in [-0.15, -0.1) is 0 Å². The minimum Gasteiger partial charge on any atom is -0.478 e. The van der Waals surface area contributed by atoms with Gasteiger partial charge in [0.15, 0.2) is 0 Å². The number of likely N-dealkylation sites (N-methyl/N-ethyl adjacent to an activating group) is 1. The molecule has 1 atom stereocenters. The van der Waals surface area contributed by atoms with E-state index in [4.69, 9.17) is 5.11 Å². The molecular formula is C6H9N3O2. The molecule has 1 heterocycles. The van der Waals surface area contributed by atoms with Crippen molar-refractivity contribution in [3.63, 3.8) is 0 Å². The molecule has 1 unspecified atom stereocenters. The molecule has 3 N–H and O–H groups in total. The van der Waals surface area contributed by atoms with Crippen molar-refractivity contribution >= 4 is 12.2 Å². The number of nitrogens with zero attached hydrogens (tertiary/aromatic N) is 1. The topological polar surface area (TPSA) is 73.7 Å². The normalized spacial score (nSPS) is 28.1. The van der Waals surface area contributed by atoms with Gasteiger partial charge in [0.25, 0.3) is 0 Å². The number of hydrogen-bond acceptors (Lipinski definition) is 4. The van der Waals surface area contributed by atoms with Crippen LogP contribution in [0.25, 0.3) is 0 Å². The first-order chi connectivity index (χ1) is 5.21. The van der Waals surface area contributed by atoms with E-state index in [2.05, 4.69) is 15.8 Å². The molecule has 0 aromatic heterocycles. The van der Waals surface area contributed by atoms with Crippen LogP contribution in [0.4, 0.5) is 0 Å². The number of carboxylic acid groups (broad SMARTS) is 1. The highest BCUT2D eigenvalue weighted by Crippen LogP contribution is 2.04. The molecule has 11 heavy (non-hydrogen) atoms. The van der Waals surface area contributed by atoms with Gasteiger partial charge in [0.05, 0.1) is 0 Å². The fourth-order valence-corrected chi connectivity index (χ4v) is 0.772. The number of rotatable bonds is 2. The first-order valence-corrected chi connectivity index (χ1v) is 3.11. The van der Waals surface area contributed by atoms with Crippen LogP contribution in [0, 0.1) is 0 Å². The second-order valence-electron chi connectivity index (χ2n) is 2.11. The monoisotopic (exact) mass is 155 g/mol. The standard InChI is InChI=1S/C6H9N3O2/c1-7-6(5(10)11)3-2-4-8-9-6/h2-4,7,9H,1H3,(H,10,11). The minimum atomic E-state index is -1.24.